The Kier molecular flexibility index (Phi) is 9.29. The number of ether oxygens (including phenoxy) is 2. The summed E-state index contributed by atoms with van der Waals surface area (Å²) in [6.45, 7) is 4.67. The number of carbonyl (C=O) groups excluding carboxylic acids is 3. The zero-order chi connectivity index (χ0) is 19.7. The number of amides is 1. The number of esters is 2. The molecule has 1 aromatic carbocycles. The van der Waals surface area contributed by atoms with E-state index in [1.807, 2.05) is 18.2 Å². The Bertz CT molecular complexity index is 645. The average Bonchev–Trinajstić information content (AvgIpc) is 2.56. The molecule has 144 valence electrons. The summed E-state index contributed by atoms with van der Waals surface area (Å²) >= 11 is 6.81. The van der Waals surface area contributed by atoms with Crippen molar-refractivity contribution in [3.63, 3.8) is 0 Å². The molecule has 8 heteroatoms. The Morgan fingerprint density at radius 3 is 2.12 bits per heavy atom. The lowest BCUT2D eigenvalue weighted by atomic mass is 9.87. The molecule has 0 atom stereocenters. The highest BCUT2D eigenvalue weighted by Gasteiger charge is 2.50. The van der Waals surface area contributed by atoms with Crippen LogP contribution in [0.25, 0.3) is 0 Å². The molecule has 0 saturated carbocycles. The van der Waals surface area contributed by atoms with E-state index in [1.165, 1.54) is 6.92 Å². The van der Waals surface area contributed by atoms with Crippen LogP contribution in [0.5, 0.6) is 0 Å². The molecule has 0 saturated heterocycles. The van der Waals surface area contributed by atoms with Crippen LogP contribution in [0.1, 0.15) is 31.9 Å². The minimum absolute atomic E-state index is 0.0635. The summed E-state index contributed by atoms with van der Waals surface area (Å²) < 4.78 is 11.0. The Labute approximate surface area is 170 Å². The number of aryl methyl sites for hydroxylation is 1. The molecule has 0 fully saturated rings. The Morgan fingerprint density at radius 1 is 1.08 bits per heavy atom. The minimum Gasteiger partial charge on any atom is -0.464 e. The maximum atomic E-state index is 12.7. The molecule has 0 radical (unpaired) electrons. The number of rotatable bonds is 9. The summed E-state index contributed by atoms with van der Waals surface area (Å²) in [6, 6.07) is 5.62. The molecule has 0 unspecified atom stereocenters. The average molecular weight is 493 g/mol. The largest absolute Gasteiger partial charge is 0.464 e. The van der Waals surface area contributed by atoms with Gasteiger partial charge in [-0.3, -0.25) is 4.79 Å². The monoisotopic (exact) mass is 491 g/mol. The highest BCUT2D eigenvalue weighted by molar-refractivity contribution is 9.10. The van der Waals surface area contributed by atoms with Crippen LogP contribution in [0, 0.1) is 0 Å². The van der Waals surface area contributed by atoms with Gasteiger partial charge in [0, 0.05) is 23.1 Å². The summed E-state index contributed by atoms with van der Waals surface area (Å²) in [7, 11) is 0. The first-order chi connectivity index (χ1) is 12.3. The van der Waals surface area contributed by atoms with Crippen molar-refractivity contribution >= 4 is 49.7 Å². The normalized spacial score (nSPS) is 11.0. The maximum Gasteiger partial charge on any atom is 0.344 e. The second-order valence-corrected chi connectivity index (χ2v) is 7.26. The zero-order valence-electron chi connectivity index (χ0n) is 15.1. The molecule has 6 nitrogen and oxygen atoms in total. The van der Waals surface area contributed by atoms with E-state index in [2.05, 4.69) is 37.2 Å². The van der Waals surface area contributed by atoms with Crippen LogP contribution < -0.4 is 5.32 Å². The van der Waals surface area contributed by atoms with E-state index in [9.17, 15) is 14.4 Å². The molecule has 0 aromatic heterocycles. The SMILES string of the molecule is CCOC(=O)C(Cc1cc(Br)ccc1CCBr)(NC(C)=O)C(=O)OCC. The maximum absolute atomic E-state index is 12.7. The first-order valence-corrected chi connectivity index (χ1v) is 10.2. The van der Waals surface area contributed by atoms with Crippen LogP contribution in [0.2, 0.25) is 0 Å². The molecule has 26 heavy (non-hydrogen) atoms. The van der Waals surface area contributed by atoms with E-state index in [0.29, 0.717) is 11.8 Å². The highest BCUT2D eigenvalue weighted by Crippen LogP contribution is 2.25. The number of hydrogen-bond acceptors (Lipinski definition) is 5. The van der Waals surface area contributed by atoms with Crippen LogP contribution in [-0.4, -0.2) is 41.9 Å². The fourth-order valence-electron chi connectivity index (χ4n) is 2.57. The van der Waals surface area contributed by atoms with Gasteiger partial charge in [-0.15, -0.1) is 0 Å². The molecule has 0 aliphatic heterocycles. The second-order valence-electron chi connectivity index (χ2n) is 5.56. The van der Waals surface area contributed by atoms with Gasteiger partial charge in [-0.1, -0.05) is 37.9 Å². The standard InChI is InChI=1S/C18H23Br2NO5/c1-4-25-16(23)18(21-12(3)22,17(24)26-5-2)11-14-10-15(20)7-6-13(14)8-9-19/h6-7,10H,4-5,8-9,11H2,1-3H3,(H,21,22). The quantitative estimate of drug-likeness (QED) is 0.325. The first-order valence-electron chi connectivity index (χ1n) is 8.27. The second kappa shape index (κ2) is 10.7. The molecule has 0 bridgehead atoms. The lowest BCUT2D eigenvalue weighted by molar-refractivity contribution is -0.168. The van der Waals surface area contributed by atoms with Gasteiger partial charge in [-0.05, 0) is 43.5 Å². The number of hydrogen-bond donors (Lipinski definition) is 1. The smallest absolute Gasteiger partial charge is 0.344 e. The molecule has 0 spiro atoms. The number of carbonyl (C=O) groups is 3. The van der Waals surface area contributed by atoms with E-state index >= 15 is 0 Å². The number of alkyl halides is 1. The minimum atomic E-state index is -1.93. The number of nitrogens with one attached hydrogen (secondary N) is 1. The predicted octanol–water partition coefficient (Wildman–Crippen LogP) is 2.93. The fourth-order valence-corrected chi connectivity index (χ4v) is 3.41. The van der Waals surface area contributed by atoms with Gasteiger partial charge in [-0.2, -0.15) is 0 Å². The summed E-state index contributed by atoms with van der Waals surface area (Å²) in [5.74, 6) is -2.19. The van der Waals surface area contributed by atoms with Gasteiger partial charge in [-0.25, -0.2) is 9.59 Å². The van der Waals surface area contributed by atoms with E-state index in [4.69, 9.17) is 9.47 Å². The third-order valence-corrected chi connectivity index (χ3v) is 4.51. The van der Waals surface area contributed by atoms with E-state index < -0.39 is 23.4 Å². The van der Waals surface area contributed by atoms with Crippen LogP contribution in [0.3, 0.4) is 0 Å². The summed E-state index contributed by atoms with van der Waals surface area (Å²) in [4.78, 5) is 37.2. The fraction of sp³-hybridized carbons (Fsp3) is 0.500. The van der Waals surface area contributed by atoms with Gasteiger partial charge < -0.3 is 14.8 Å². The topological polar surface area (TPSA) is 81.7 Å². The molecule has 0 aliphatic rings. The van der Waals surface area contributed by atoms with Crippen molar-refractivity contribution < 1.29 is 23.9 Å². The van der Waals surface area contributed by atoms with Gasteiger partial charge in [0.15, 0.2) is 0 Å². The van der Waals surface area contributed by atoms with Gasteiger partial charge in [0.05, 0.1) is 13.2 Å². The van der Waals surface area contributed by atoms with Crippen molar-refractivity contribution in [1.29, 1.82) is 0 Å². The first kappa shape index (κ1) is 22.6. The van der Waals surface area contributed by atoms with Crippen molar-refractivity contribution in [2.45, 2.75) is 39.2 Å². The third kappa shape index (κ3) is 5.81. The molecule has 1 N–H and O–H groups in total. The van der Waals surface area contributed by atoms with Crippen LogP contribution in [0.15, 0.2) is 22.7 Å². The molecular weight excluding hydrogens is 470 g/mol. The Hall–Kier alpha value is -1.41. The highest BCUT2D eigenvalue weighted by atomic mass is 79.9. The van der Waals surface area contributed by atoms with Crippen molar-refractivity contribution in [2.24, 2.45) is 0 Å². The molecule has 1 aromatic rings. The van der Waals surface area contributed by atoms with Crippen LogP contribution in [0.4, 0.5) is 0 Å². The van der Waals surface area contributed by atoms with Crippen molar-refractivity contribution in [2.75, 3.05) is 18.5 Å². The predicted molar refractivity (Wildman–Crippen MR) is 105 cm³/mol. The lowest BCUT2D eigenvalue weighted by Crippen LogP contribution is -2.62. The molecule has 1 amide bonds. The molecular formula is C18H23Br2NO5. The van der Waals surface area contributed by atoms with Gasteiger partial charge in [0.1, 0.15) is 0 Å². The Morgan fingerprint density at radius 2 is 1.65 bits per heavy atom. The summed E-state index contributed by atoms with van der Waals surface area (Å²) in [5.41, 5.74) is -0.234. The van der Waals surface area contributed by atoms with E-state index in [1.54, 1.807) is 13.8 Å². The van der Waals surface area contributed by atoms with Crippen molar-refractivity contribution in [3.8, 4) is 0 Å². The van der Waals surface area contributed by atoms with Crippen molar-refractivity contribution in [1.82, 2.24) is 5.32 Å². The molecule has 0 aliphatic carbocycles. The summed E-state index contributed by atoms with van der Waals surface area (Å²) in [6.07, 6.45) is 0.635. The van der Waals surface area contributed by atoms with Crippen LogP contribution in [-0.2, 0) is 36.7 Å². The number of halogens is 2. The van der Waals surface area contributed by atoms with Gasteiger partial charge >= 0.3 is 11.9 Å². The molecule has 0 heterocycles. The van der Waals surface area contributed by atoms with Crippen molar-refractivity contribution in [3.05, 3.63) is 33.8 Å². The molecule has 1 rings (SSSR count). The van der Waals surface area contributed by atoms with Gasteiger partial charge in [0.25, 0.3) is 0 Å². The van der Waals surface area contributed by atoms with Gasteiger partial charge in [0.2, 0.25) is 11.4 Å². The summed E-state index contributed by atoms with van der Waals surface area (Å²) in [5, 5.41) is 3.20. The lowest BCUT2D eigenvalue weighted by Gasteiger charge is -2.30. The third-order valence-electron chi connectivity index (χ3n) is 3.62. The Balaban J connectivity index is 3.47. The van der Waals surface area contributed by atoms with E-state index in [0.717, 1.165) is 15.6 Å². The van der Waals surface area contributed by atoms with E-state index in [-0.39, 0.29) is 19.6 Å². The van der Waals surface area contributed by atoms with Crippen LogP contribution >= 0.6 is 31.9 Å². The number of benzene rings is 1. The zero-order valence-corrected chi connectivity index (χ0v) is 18.2.